The fourth-order valence-electron chi connectivity index (χ4n) is 4.05. The fraction of sp³-hybridized carbons (Fsp3) is 0.722. The van der Waals surface area contributed by atoms with Gasteiger partial charge < -0.3 is 5.32 Å². The Labute approximate surface area is 130 Å². The Morgan fingerprint density at radius 3 is 2.67 bits per heavy atom. The van der Waals surface area contributed by atoms with Crippen LogP contribution in [0.15, 0.2) is 24.4 Å². The van der Waals surface area contributed by atoms with Gasteiger partial charge in [0.05, 0.1) is 5.69 Å². The van der Waals surface area contributed by atoms with E-state index in [1.807, 2.05) is 12.3 Å². The molecular formula is C18H31N3. The number of likely N-dealkylation sites (N-methyl/N-ethyl adjacent to an activating group) is 2. The molecule has 1 saturated carbocycles. The Balaban J connectivity index is 2.13. The standard InChI is InChI=1S/C18H31N3/c1-5-19-17-12-14(3)11-15(4)18(17)21(6-2)13-16-9-7-8-10-20-16/h7-10,14-15,17-19H,5-6,11-13H2,1-4H3. The van der Waals surface area contributed by atoms with Crippen molar-refractivity contribution in [3.63, 3.8) is 0 Å². The molecule has 0 radical (unpaired) electrons. The van der Waals surface area contributed by atoms with Crippen molar-refractivity contribution >= 4 is 0 Å². The molecule has 0 saturated heterocycles. The normalized spacial score (nSPS) is 29.8. The lowest BCUT2D eigenvalue weighted by atomic mass is 9.75. The van der Waals surface area contributed by atoms with Gasteiger partial charge in [0.1, 0.15) is 0 Å². The molecule has 0 aliphatic heterocycles. The number of hydrogen-bond donors (Lipinski definition) is 1. The lowest BCUT2D eigenvalue weighted by Gasteiger charge is -2.45. The van der Waals surface area contributed by atoms with E-state index in [0.717, 1.165) is 31.5 Å². The van der Waals surface area contributed by atoms with Gasteiger partial charge in [0.15, 0.2) is 0 Å². The van der Waals surface area contributed by atoms with Crippen LogP contribution >= 0.6 is 0 Å². The zero-order chi connectivity index (χ0) is 15.2. The Morgan fingerprint density at radius 2 is 2.05 bits per heavy atom. The summed E-state index contributed by atoms with van der Waals surface area (Å²) in [5, 5.41) is 3.73. The second-order valence-corrected chi connectivity index (χ2v) is 6.59. The van der Waals surface area contributed by atoms with Gasteiger partial charge in [-0.1, -0.05) is 33.8 Å². The van der Waals surface area contributed by atoms with Crippen molar-refractivity contribution in [1.82, 2.24) is 15.2 Å². The molecular weight excluding hydrogens is 258 g/mol. The van der Waals surface area contributed by atoms with Gasteiger partial charge in [-0.05, 0) is 49.9 Å². The Kier molecular flexibility index (Phi) is 6.19. The van der Waals surface area contributed by atoms with Crippen LogP contribution in [0.1, 0.15) is 46.2 Å². The maximum absolute atomic E-state index is 4.51. The summed E-state index contributed by atoms with van der Waals surface area (Å²) in [5.74, 6) is 1.57. The van der Waals surface area contributed by atoms with Crippen LogP contribution in [0.2, 0.25) is 0 Å². The summed E-state index contributed by atoms with van der Waals surface area (Å²) in [6.07, 6.45) is 4.53. The van der Waals surface area contributed by atoms with Crippen LogP contribution in [0.25, 0.3) is 0 Å². The topological polar surface area (TPSA) is 28.2 Å². The predicted molar refractivity (Wildman–Crippen MR) is 89.1 cm³/mol. The minimum atomic E-state index is 0.609. The Morgan fingerprint density at radius 1 is 1.24 bits per heavy atom. The van der Waals surface area contributed by atoms with Crippen LogP contribution in [0.3, 0.4) is 0 Å². The number of hydrogen-bond acceptors (Lipinski definition) is 3. The first-order valence-electron chi connectivity index (χ1n) is 8.53. The number of rotatable bonds is 6. The van der Waals surface area contributed by atoms with E-state index in [0.29, 0.717) is 12.1 Å². The molecule has 0 bridgehead atoms. The predicted octanol–water partition coefficient (Wildman–Crippen LogP) is 3.32. The van der Waals surface area contributed by atoms with Crippen molar-refractivity contribution in [2.75, 3.05) is 13.1 Å². The zero-order valence-electron chi connectivity index (χ0n) is 14.0. The van der Waals surface area contributed by atoms with Crippen molar-refractivity contribution in [3.05, 3.63) is 30.1 Å². The maximum atomic E-state index is 4.51. The Bertz CT molecular complexity index is 406. The van der Waals surface area contributed by atoms with E-state index >= 15 is 0 Å². The third-order valence-corrected chi connectivity index (χ3v) is 4.81. The van der Waals surface area contributed by atoms with Crippen LogP contribution in [0.5, 0.6) is 0 Å². The summed E-state index contributed by atoms with van der Waals surface area (Å²) in [5.41, 5.74) is 1.18. The molecule has 118 valence electrons. The highest BCUT2D eigenvalue weighted by atomic mass is 15.2. The SMILES string of the molecule is CCNC1CC(C)CC(C)C1N(CC)Cc1ccccn1. The van der Waals surface area contributed by atoms with Gasteiger partial charge in [0.25, 0.3) is 0 Å². The quantitative estimate of drug-likeness (QED) is 0.871. The van der Waals surface area contributed by atoms with Crippen LogP contribution in [-0.2, 0) is 6.54 Å². The largest absolute Gasteiger partial charge is 0.313 e. The average Bonchev–Trinajstić information content (AvgIpc) is 2.46. The second-order valence-electron chi connectivity index (χ2n) is 6.59. The van der Waals surface area contributed by atoms with Crippen molar-refractivity contribution in [2.45, 2.75) is 59.2 Å². The second kappa shape index (κ2) is 7.90. The molecule has 1 fully saturated rings. The molecule has 4 atom stereocenters. The summed E-state index contributed by atoms with van der Waals surface area (Å²) < 4.78 is 0. The van der Waals surface area contributed by atoms with Gasteiger partial charge in [-0.2, -0.15) is 0 Å². The van der Waals surface area contributed by atoms with Crippen LogP contribution in [-0.4, -0.2) is 35.1 Å². The zero-order valence-corrected chi connectivity index (χ0v) is 14.0. The third-order valence-electron chi connectivity index (χ3n) is 4.81. The molecule has 3 nitrogen and oxygen atoms in total. The van der Waals surface area contributed by atoms with Crippen molar-refractivity contribution in [2.24, 2.45) is 11.8 Å². The minimum Gasteiger partial charge on any atom is -0.313 e. The summed E-state index contributed by atoms with van der Waals surface area (Å²) in [6, 6.07) is 7.45. The van der Waals surface area contributed by atoms with Crippen LogP contribution in [0, 0.1) is 11.8 Å². The molecule has 1 N–H and O–H groups in total. The third kappa shape index (κ3) is 4.27. The molecule has 0 aromatic carbocycles. The highest BCUT2D eigenvalue weighted by Crippen LogP contribution is 2.33. The van der Waals surface area contributed by atoms with Crippen LogP contribution < -0.4 is 5.32 Å². The maximum Gasteiger partial charge on any atom is 0.0544 e. The molecule has 1 aromatic rings. The minimum absolute atomic E-state index is 0.609. The first kappa shape index (κ1) is 16.4. The van der Waals surface area contributed by atoms with E-state index in [2.05, 4.69) is 55.0 Å². The summed E-state index contributed by atoms with van der Waals surface area (Å²) in [7, 11) is 0. The molecule has 3 heteroatoms. The van der Waals surface area contributed by atoms with Crippen LogP contribution in [0.4, 0.5) is 0 Å². The number of pyridine rings is 1. The van der Waals surface area contributed by atoms with E-state index in [-0.39, 0.29) is 0 Å². The number of aromatic nitrogens is 1. The first-order chi connectivity index (χ1) is 10.2. The van der Waals surface area contributed by atoms with Gasteiger partial charge in [-0.15, -0.1) is 0 Å². The van der Waals surface area contributed by atoms with E-state index < -0.39 is 0 Å². The average molecular weight is 289 g/mol. The van der Waals surface area contributed by atoms with Gasteiger partial charge >= 0.3 is 0 Å². The van der Waals surface area contributed by atoms with Gasteiger partial charge in [-0.25, -0.2) is 0 Å². The highest BCUT2D eigenvalue weighted by molar-refractivity contribution is 5.04. The van der Waals surface area contributed by atoms with E-state index in [1.54, 1.807) is 0 Å². The fourth-order valence-corrected chi connectivity index (χ4v) is 4.05. The lowest BCUT2D eigenvalue weighted by Crippen LogP contribution is -2.56. The molecule has 1 aliphatic rings. The van der Waals surface area contributed by atoms with E-state index in [4.69, 9.17) is 0 Å². The molecule has 0 amide bonds. The van der Waals surface area contributed by atoms with Gasteiger partial charge in [-0.3, -0.25) is 9.88 Å². The molecule has 1 heterocycles. The van der Waals surface area contributed by atoms with Crippen molar-refractivity contribution in [1.29, 1.82) is 0 Å². The van der Waals surface area contributed by atoms with E-state index in [1.165, 1.54) is 18.5 Å². The van der Waals surface area contributed by atoms with Crippen molar-refractivity contribution in [3.8, 4) is 0 Å². The van der Waals surface area contributed by atoms with E-state index in [9.17, 15) is 0 Å². The molecule has 0 spiro atoms. The lowest BCUT2D eigenvalue weighted by molar-refractivity contribution is 0.0592. The smallest absolute Gasteiger partial charge is 0.0544 e. The summed E-state index contributed by atoms with van der Waals surface area (Å²) >= 11 is 0. The van der Waals surface area contributed by atoms with Gasteiger partial charge in [0, 0.05) is 24.8 Å². The number of nitrogens with one attached hydrogen (secondary N) is 1. The monoisotopic (exact) mass is 289 g/mol. The number of nitrogens with zero attached hydrogens (tertiary/aromatic N) is 2. The summed E-state index contributed by atoms with van der Waals surface area (Å²) in [6.45, 7) is 12.4. The highest BCUT2D eigenvalue weighted by Gasteiger charge is 2.36. The molecule has 21 heavy (non-hydrogen) atoms. The molecule has 1 aromatic heterocycles. The summed E-state index contributed by atoms with van der Waals surface area (Å²) in [4.78, 5) is 7.13. The Hall–Kier alpha value is -0.930. The first-order valence-corrected chi connectivity index (χ1v) is 8.53. The molecule has 2 rings (SSSR count). The molecule has 1 aliphatic carbocycles. The molecule has 4 unspecified atom stereocenters. The van der Waals surface area contributed by atoms with Gasteiger partial charge in [0.2, 0.25) is 0 Å². The van der Waals surface area contributed by atoms with Crippen molar-refractivity contribution < 1.29 is 0 Å².